The van der Waals surface area contributed by atoms with E-state index >= 15 is 0 Å². The highest BCUT2D eigenvalue weighted by atomic mass is 16.3. The van der Waals surface area contributed by atoms with E-state index in [1.807, 2.05) is 0 Å². The molecule has 1 N–H and O–H groups in total. The molecule has 2 unspecified atom stereocenters. The second kappa shape index (κ2) is 5.89. The lowest BCUT2D eigenvalue weighted by Gasteiger charge is -2.34. The predicted molar refractivity (Wildman–Crippen MR) is 65.9 cm³/mol. The van der Waals surface area contributed by atoms with E-state index in [1.54, 1.807) is 0 Å². The van der Waals surface area contributed by atoms with E-state index < -0.39 is 0 Å². The second-order valence-corrected chi connectivity index (χ2v) is 5.32. The Hall–Kier alpha value is -0.0400. The highest BCUT2D eigenvalue weighted by Crippen LogP contribution is 2.38. The monoisotopic (exact) mass is 212 g/mol. The highest BCUT2D eigenvalue weighted by Gasteiger charge is 2.35. The summed E-state index contributed by atoms with van der Waals surface area (Å²) >= 11 is 0. The quantitative estimate of drug-likeness (QED) is 0.694. The van der Waals surface area contributed by atoms with Crippen LogP contribution in [0.25, 0.3) is 0 Å². The maximum atomic E-state index is 10.7. The lowest BCUT2D eigenvalue weighted by Crippen LogP contribution is -2.36. The molecule has 90 valence electrons. The van der Waals surface area contributed by atoms with Crippen LogP contribution in [0.3, 0.4) is 0 Å². The zero-order chi connectivity index (χ0) is 11.3. The van der Waals surface area contributed by atoms with Gasteiger partial charge in [0.2, 0.25) is 0 Å². The van der Waals surface area contributed by atoms with Gasteiger partial charge in [-0.15, -0.1) is 0 Å². The summed E-state index contributed by atoms with van der Waals surface area (Å²) in [6.07, 6.45) is 9.42. The molecule has 0 radical (unpaired) electrons. The molecule has 0 aromatic heterocycles. The lowest BCUT2D eigenvalue weighted by molar-refractivity contribution is -0.0358. The number of hydrogen-bond acceptors (Lipinski definition) is 1. The maximum absolute atomic E-state index is 10.7. The first kappa shape index (κ1) is 13.0. The molecule has 1 nitrogen and oxygen atoms in total. The fraction of sp³-hybridized carbons (Fsp3) is 1.00. The largest absolute Gasteiger partial charge is 0.390 e. The first-order valence-electron chi connectivity index (χ1n) is 6.88. The van der Waals surface area contributed by atoms with Crippen LogP contribution in [0, 0.1) is 11.8 Å². The molecule has 1 heteroatoms. The minimum Gasteiger partial charge on any atom is -0.390 e. The summed E-state index contributed by atoms with van der Waals surface area (Å²) < 4.78 is 0. The second-order valence-electron chi connectivity index (χ2n) is 5.32. The van der Waals surface area contributed by atoms with Crippen molar-refractivity contribution < 1.29 is 5.11 Å². The fourth-order valence-electron chi connectivity index (χ4n) is 3.29. The van der Waals surface area contributed by atoms with Gasteiger partial charge in [0.25, 0.3) is 0 Å². The molecule has 1 rings (SSSR count). The summed E-state index contributed by atoms with van der Waals surface area (Å²) in [5.41, 5.74) is -0.340. The van der Waals surface area contributed by atoms with Crippen LogP contribution < -0.4 is 0 Å². The van der Waals surface area contributed by atoms with E-state index in [2.05, 4.69) is 20.8 Å². The molecular formula is C14H28O. The Morgan fingerprint density at radius 2 is 1.80 bits per heavy atom. The van der Waals surface area contributed by atoms with Crippen molar-refractivity contribution in [1.29, 1.82) is 0 Å². The van der Waals surface area contributed by atoms with Gasteiger partial charge in [-0.3, -0.25) is 0 Å². The van der Waals surface area contributed by atoms with Crippen LogP contribution >= 0.6 is 0 Å². The predicted octanol–water partition coefficient (Wildman–Crippen LogP) is 4.14. The van der Waals surface area contributed by atoms with Gasteiger partial charge >= 0.3 is 0 Å². The van der Waals surface area contributed by atoms with Crippen molar-refractivity contribution in [2.45, 2.75) is 77.7 Å². The fourth-order valence-corrected chi connectivity index (χ4v) is 3.29. The van der Waals surface area contributed by atoms with Gasteiger partial charge in [-0.1, -0.05) is 52.9 Å². The van der Waals surface area contributed by atoms with Crippen LogP contribution in [0.15, 0.2) is 0 Å². The Labute approximate surface area is 95.3 Å². The molecule has 15 heavy (non-hydrogen) atoms. The first-order valence-corrected chi connectivity index (χ1v) is 6.88. The van der Waals surface area contributed by atoms with Crippen LogP contribution in [0.1, 0.15) is 72.1 Å². The molecule has 1 aliphatic rings. The molecule has 0 aliphatic heterocycles. The van der Waals surface area contributed by atoms with E-state index in [0.717, 1.165) is 31.6 Å². The Kier molecular flexibility index (Phi) is 5.11. The average Bonchev–Trinajstić information content (AvgIpc) is 2.42. The standard InChI is InChI=1S/C14H28O/c1-4-12-8-7-10-14(15,11-9-12)13(5-2)6-3/h12-13,15H,4-11H2,1-3H3. The summed E-state index contributed by atoms with van der Waals surface area (Å²) in [6.45, 7) is 6.72. The lowest BCUT2D eigenvalue weighted by atomic mass is 9.78. The summed E-state index contributed by atoms with van der Waals surface area (Å²) in [6, 6.07) is 0. The summed E-state index contributed by atoms with van der Waals surface area (Å²) in [7, 11) is 0. The Bertz CT molecular complexity index is 174. The van der Waals surface area contributed by atoms with Crippen LogP contribution in [-0.4, -0.2) is 10.7 Å². The van der Waals surface area contributed by atoms with E-state index in [9.17, 15) is 5.11 Å². The van der Waals surface area contributed by atoms with Crippen LogP contribution in [-0.2, 0) is 0 Å². The van der Waals surface area contributed by atoms with Crippen molar-refractivity contribution in [3.05, 3.63) is 0 Å². The Morgan fingerprint density at radius 1 is 1.13 bits per heavy atom. The third-order valence-electron chi connectivity index (χ3n) is 4.53. The van der Waals surface area contributed by atoms with Crippen molar-refractivity contribution in [2.75, 3.05) is 0 Å². The topological polar surface area (TPSA) is 20.2 Å². The SMILES string of the molecule is CCC1CCCC(O)(C(CC)CC)CC1. The Morgan fingerprint density at radius 3 is 2.33 bits per heavy atom. The normalized spacial score (nSPS) is 33.0. The molecule has 1 fully saturated rings. The van der Waals surface area contributed by atoms with E-state index in [-0.39, 0.29) is 5.60 Å². The molecule has 2 atom stereocenters. The summed E-state index contributed by atoms with van der Waals surface area (Å²) in [5, 5.41) is 10.7. The van der Waals surface area contributed by atoms with Crippen LogP contribution in [0.4, 0.5) is 0 Å². The third-order valence-corrected chi connectivity index (χ3v) is 4.53. The number of hydrogen-bond donors (Lipinski definition) is 1. The molecule has 1 aliphatic carbocycles. The Balaban J connectivity index is 2.60. The molecule has 0 aromatic carbocycles. The van der Waals surface area contributed by atoms with E-state index in [4.69, 9.17) is 0 Å². The van der Waals surface area contributed by atoms with Crippen molar-refractivity contribution >= 4 is 0 Å². The van der Waals surface area contributed by atoms with Gasteiger partial charge in [-0.25, -0.2) is 0 Å². The van der Waals surface area contributed by atoms with E-state index in [1.165, 1.54) is 25.7 Å². The molecule has 0 bridgehead atoms. The van der Waals surface area contributed by atoms with E-state index in [0.29, 0.717) is 5.92 Å². The molecule has 0 heterocycles. The van der Waals surface area contributed by atoms with Crippen molar-refractivity contribution in [2.24, 2.45) is 11.8 Å². The van der Waals surface area contributed by atoms with Gasteiger partial charge in [0, 0.05) is 0 Å². The first-order chi connectivity index (χ1) is 7.16. The van der Waals surface area contributed by atoms with Crippen molar-refractivity contribution in [3.63, 3.8) is 0 Å². The average molecular weight is 212 g/mol. The molecular weight excluding hydrogens is 184 g/mol. The summed E-state index contributed by atoms with van der Waals surface area (Å²) in [4.78, 5) is 0. The van der Waals surface area contributed by atoms with Gasteiger partial charge in [0.15, 0.2) is 0 Å². The molecule has 0 spiro atoms. The molecule has 0 amide bonds. The maximum Gasteiger partial charge on any atom is 0.0675 e. The van der Waals surface area contributed by atoms with Crippen molar-refractivity contribution in [1.82, 2.24) is 0 Å². The van der Waals surface area contributed by atoms with Crippen molar-refractivity contribution in [3.8, 4) is 0 Å². The molecule has 0 aromatic rings. The number of aliphatic hydroxyl groups is 1. The number of rotatable bonds is 4. The molecule has 0 saturated heterocycles. The van der Waals surface area contributed by atoms with Gasteiger partial charge in [0.1, 0.15) is 0 Å². The van der Waals surface area contributed by atoms with Gasteiger partial charge in [-0.05, 0) is 31.1 Å². The smallest absolute Gasteiger partial charge is 0.0675 e. The van der Waals surface area contributed by atoms with Gasteiger partial charge in [-0.2, -0.15) is 0 Å². The highest BCUT2D eigenvalue weighted by molar-refractivity contribution is 4.88. The summed E-state index contributed by atoms with van der Waals surface area (Å²) in [5.74, 6) is 1.39. The zero-order valence-electron chi connectivity index (χ0n) is 10.8. The minimum absolute atomic E-state index is 0.340. The van der Waals surface area contributed by atoms with Gasteiger partial charge in [0.05, 0.1) is 5.60 Å². The van der Waals surface area contributed by atoms with Crippen LogP contribution in [0.2, 0.25) is 0 Å². The third kappa shape index (κ3) is 3.21. The van der Waals surface area contributed by atoms with Gasteiger partial charge < -0.3 is 5.11 Å². The molecule has 1 saturated carbocycles. The zero-order valence-corrected chi connectivity index (χ0v) is 10.8. The van der Waals surface area contributed by atoms with Crippen LogP contribution in [0.5, 0.6) is 0 Å². The minimum atomic E-state index is -0.340.